The maximum atomic E-state index is 5.77. The number of nitrogens with two attached hydrogens (primary N) is 1. The van der Waals surface area contributed by atoms with E-state index in [9.17, 15) is 0 Å². The van der Waals surface area contributed by atoms with Gasteiger partial charge in [0, 0.05) is 28.9 Å². The Balaban J connectivity index is 2.94. The molecule has 0 aliphatic rings. The van der Waals surface area contributed by atoms with E-state index in [4.69, 9.17) is 22.7 Å². The van der Waals surface area contributed by atoms with E-state index in [2.05, 4.69) is 28.2 Å². The maximum Gasteiger partial charge on any atom is 0.107 e. The predicted octanol–water partition coefficient (Wildman–Crippen LogP) is 3.31. The van der Waals surface area contributed by atoms with Gasteiger partial charge in [-0.3, -0.25) is 0 Å². The number of hydrogen-bond acceptors (Lipinski definition) is 3. The second kappa shape index (κ2) is 7.71. The van der Waals surface area contributed by atoms with E-state index in [1.165, 1.54) is 0 Å². The number of methoxy groups -OCH3 is 1. The number of thiocarbonyl (C=S) groups is 1. The molecule has 1 aromatic rings. The lowest BCUT2D eigenvalue weighted by Crippen LogP contribution is -2.26. The first-order valence-corrected chi connectivity index (χ1v) is 7.14. The van der Waals surface area contributed by atoms with Crippen molar-refractivity contribution in [3.63, 3.8) is 0 Å². The van der Waals surface area contributed by atoms with Gasteiger partial charge in [0.2, 0.25) is 0 Å². The number of ether oxygens (including phenoxy) is 1. The highest BCUT2D eigenvalue weighted by molar-refractivity contribution is 9.10. The van der Waals surface area contributed by atoms with E-state index in [0.29, 0.717) is 11.6 Å². The van der Waals surface area contributed by atoms with Crippen LogP contribution in [0.3, 0.4) is 0 Å². The number of hydrogen-bond donors (Lipinski definition) is 2. The molecule has 5 heteroatoms. The molecule has 18 heavy (non-hydrogen) atoms. The van der Waals surface area contributed by atoms with Crippen molar-refractivity contribution in [1.82, 2.24) is 0 Å². The fourth-order valence-electron chi connectivity index (χ4n) is 1.86. The Kier molecular flexibility index (Phi) is 6.60. The lowest BCUT2D eigenvalue weighted by atomic mass is 10.1. The van der Waals surface area contributed by atoms with Gasteiger partial charge >= 0.3 is 0 Å². The van der Waals surface area contributed by atoms with Crippen molar-refractivity contribution >= 4 is 38.8 Å². The molecule has 1 aromatic carbocycles. The van der Waals surface area contributed by atoms with Crippen molar-refractivity contribution in [2.75, 3.05) is 19.0 Å². The molecule has 0 heterocycles. The Morgan fingerprint density at radius 3 is 2.83 bits per heavy atom. The van der Waals surface area contributed by atoms with E-state index < -0.39 is 0 Å². The largest absolute Gasteiger partial charge is 0.389 e. The van der Waals surface area contributed by atoms with Crippen LogP contribution in [0.25, 0.3) is 0 Å². The zero-order chi connectivity index (χ0) is 13.5. The van der Waals surface area contributed by atoms with Crippen LogP contribution in [0.5, 0.6) is 0 Å². The second-order valence-electron chi connectivity index (χ2n) is 4.11. The van der Waals surface area contributed by atoms with Gasteiger partial charge in [-0.05, 0) is 34.5 Å². The van der Waals surface area contributed by atoms with Crippen molar-refractivity contribution in [3.05, 3.63) is 28.2 Å². The Bertz CT molecular complexity index is 406. The standard InChI is InChI=1S/C13H19BrN2OS/c1-3-5-9(8-17-2)16-11-7-4-6-10(14)12(11)13(15)18/h4,6-7,9,16H,3,5,8H2,1-2H3,(H2,15,18). The molecule has 0 aliphatic carbocycles. The molecular weight excluding hydrogens is 312 g/mol. The van der Waals surface area contributed by atoms with E-state index >= 15 is 0 Å². The zero-order valence-electron chi connectivity index (χ0n) is 10.7. The molecule has 0 aromatic heterocycles. The highest BCUT2D eigenvalue weighted by Crippen LogP contribution is 2.25. The first kappa shape index (κ1) is 15.4. The first-order valence-electron chi connectivity index (χ1n) is 5.94. The summed E-state index contributed by atoms with van der Waals surface area (Å²) in [6.45, 7) is 2.82. The van der Waals surface area contributed by atoms with Crippen LogP contribution in [0.15, 0.2) is 22.7 Å². The Labute approximate surface area is 122 Å². The van der Waals surface area contributed by atoms with E-state index in [1.54, 1.807) is 7.11 Å². The van der Waals surface area contributed by atoms with Crippen molar-refractivity contribution in [2.24, 2.45) is 5.73 Å². The molecule has 0 saturated heterocycles. The molecule has 0 radical (unpaired) electrons. The predicted molar refractivity (Wildman–Crippen MR) is 84.2 cm³/mol. The topological polar surface area (TPSA) is 47.3 Å². The van der Waals surface area contributed by atoms with Crippen molar-refractivity contribution in [2.45, 2.75) is 25.8 Å². The molecule has 1 unspecified atom stereocenters. The summed E-state index contributed by atoms with van der Waals surface area (Å²) in [4.78, 5) is 0.387. The minimum absolute atomic E-state index is 0.266. The number of rotatable bonds is 7. The zero-order valence-corrected chi connectivity index (χ0v) is 13.1. The van der Waals surface area contributed by atoms with E-state index in [-0.39, 0.29) is 6.04 Å². The third kappa shape index (κ3) is 4.23. The molecule has 0 aliphatic heterocycles. The Morgan fingerprint density at radius 1 is 1.56 bits per heavy atom. The molecule has 100 valence electrons. The quantitative estimate of drug-likeness (QED) is 0.753. The fraction of sp³-hybridized carbons (Fsp3) is 0.462. The summed E-state index contributed by atoms with van der Waals surface area (Å²) in [5.74, 6) is 0. The maximum absolute atomic E-state index is 5.77. The first-order chi connectivity index (χ1) is 8.60. The second-order valence-corrected chi connectivity index (χ2v) is 5.41. The summed E-state index contributed by atoms with van der Waals surface area (Å²) >= 11 is 8.57. The third-order valence-corrected chi connectivity index (χ3v) is 3.49. The van der Waals surface area contributed by atoms with Crippen molar-refractivity contribution < 1.29 is 4.74 Å². The lowest BCUT2D eigenvalue weighted by Gasteiger charge is -2.21. The van der Waals surface area contributed by atoms with Crippen LogP contribution in [0.1, 0.15) is 25.3 Å². The molecule has 0 amide bonds. The fourth-order valence-corrected chi connectivity index (χ4v) is 2.79. The lowest BCUT2D eigenvalue weighted by molar-refractivity contribution is 0.182. The van der Waals surface area contributed by atoms with Gasteiger partial charge in [0.1, 0.15) is 4.99 Å². The van der Waals surface area contributed by atoms with Gasteiger partial charge < -0.3 is 15.8 Å². The van der Waals surface area contributed by atoms with Crippen LogP contribution in [0.2, 0.25) is 0 Å². The Hall–Kier alpha value is -0.650. The molecule has 0 saturated carbocycles. The average Bonchev–Trinajstić information content (AvgIpc) is 2.29. The van der Waals surface area contributed by atoms with Crippen molar-refractivity contribution in [3.8, 4) is 0 Å². The summed E-state index contributed by atoms with van der Waals surface area (Å²) in [6, 6.07) is 6.15. The van der Waals surface area contributed by atoms with Crippen LogP contribution in [-0.2, 0) is 4.74 Å². The third-order valence-electron chi connectivity index (χ3n) is 2.62. The summed E-state index contributed by atoms with van der Waals surface area (Å²) in [6.07, 6.45) is 2.13. The van der Waals surface area contributed by atoms with Gasteiger partial charge in [-0.1, -0.05) is 31.6 Å². The molecule has 0 spiro atoms. The number of nitrogens with one attached hydrogen (secondary N) is 1. The molecule has 0 fully saturated rings. The summed E-state index contributed by atoms with van der Waals surface area (Å²) in [7, 11) is 1.71. The molecule has 1 atom stereocenters. The van der Waals surface area contributed by atoms with Crippen LogP contribution in [0, 0.1) is 0 Å². The van der Waals surface area contributed by atoms with Crippen LogP contribution >= 0.6 is 28.1 Å². The highest BCUT2D eigenvalue weighted by Gasteiger charge is 2.13. The van der Waals surface area contributed by atoms with Gasteiger partial charge in [-0.15, -0.1) is 0 Å². The highest BCUT2D eigenvalue weighted by atomic mass is 79.9. The summed E-state index contributed by atoms with van der Waals surface area (Å²) < 4.78 is 6.13. The minimum Gasteiger partial charge on any atom is -0.389 e. The van der Waals surface area contributed by atoms with Crippen LogP contribution in [-0.4, -0.2) is 24.7 Å². The van der Waals surface area contributed by atoms with Gasteiger partial charge in [0.05, 0.1) is 6.61 Å². The van der Waals surface area contributed by atoms with E-state index in [0.717, 1.165) is 28.6 Å². The van der Waals surface area contributed by atoms with E-state index in [1.807, 2.05) is 18.2 Å². The van der Waals surface area contributed by atoms with Gasteiger partial charge in [-0.25, -0.2) is 0 Å². The van der Waals surface area contributed by atoms with Gasteiger partial charge in [0.15, 0.2) is 0 Å². The smallest absolute Gasteiger partial charge is 0.107 e. The molecular formula is C13H19BrN2OS. The molecule has 3 nitrogen and oxygen atoms in total. The number of anilines is 1. The normalized spacial score (nSPS) is 12.2. The van der Waals surface area contributed by atoms with Gasteiger partial charge in [0.25, 0.3) is 0 Å². The number of benzene rings is 1. The molecule has 3 N–H and O–H groups in total. The average molecular weight is 331 g/mol. The number of halogens is 1. The SMILES string of the molecule is CCCC(COC)Nc1cccc(Br)c1C(N)=S. The molecule has 1 rings (SSSR count). The van der Waals surface area contributed by atoms with Gasteiger partial charge in [-0.2, -0.15) is 0 Å². The monoisotopic (exact) mass is 330 g/mol. The van der Waals surface area contributed by atoms with Crippen LogP contribution in [0.4, 0.5) is 5.69 Å². The minimum atomic E-state index is 0.266. The summed E-state index contributed by atoms with van der Waals surface area (Å²) in [5.41, 5.74) is 7.57. The Morgan fingerprint density at radius 2 is 2.28 bits per heavy atom. The van der Waals surface area contributed by atoms with Crippen LogP contribution < -0.4 is 11.1 Å². The molecule has 0 bridgehead atoms. The summed E-state index contributed by atoms with van der Waals surface area (Å²) in [5, 5.41) is 3.45. The van der Waals surface area contributed by atoms with Crippen molar-refractivity contribution in [1.29, 1.82) is 0 Å².